The van der Waals surface area contributed by atoms with Gasteiger partial charge in [-0.1, -0.05) is 37.7 Å². The second-order valence-electron chi connectivity index (χ2n) is 7.59. The SMILES string of the molecule is CC(C)C[C@H](CO)Nc1nc(NS(C)(=O)=O)nc(SCC(F)(F)c2cccc([N+](=O)[O-])c2)n1. The second-order valence-corrected chi connectivity index (χ2v) is 10.3. The molecule has 1 atom stereocenters. The number of nitrogens with zero attached hydrogens (tertiary/aromatic N) is 4. The van der Waals surface area contributed by atoms with Crippen molar-refractivity contribution in [1.29, 1.82) is 0 Å². The van der Waals surface area contributed by atoms with E-state index in [0.29, 0.717) is 18.2 Å². The molecule has 0 saturated heterocycles. The van der Waals surface area contributed by atoms with Gasteiger partial charge in [-0.2, -0.15) is 15.0 Å². The van der Waals surface area contributed by atoms with Crippen LogP contribution in [0.2, 0.25) is 0 Å². The van der Waals surface area contributed by atoms with Crippen molar-refractivity contribution < 1.29 is 27.2 Å². The van der Waals surface area contributed by atoms with E-state index in [1.807, 2.05) is 13.8 Å². The highest BCUT2D eigenvalue weighted by atomic mass is 32.2. The molecule has 1 heterocycles. The average Bonchev–Trinajstić information content (AvgIpc) is 2.70. The summed E-state index contributed by atoms with van der Waals surface area (Å²) in [5.74, 6) is -4.60. The summed E-state index contributed by atoms with van der Waals surface area (Å²) in [6, 6.07) is 3.67. The molecular formula is C18H24F2N6O5S2. The number of nitrogens with one attached hydrogen (secondary N) is 2. The zero-order chi connectivity index (χ0) is 24.8. The number of nitro benzene ring substituents is 1. The smallest absolute Gasteiger partial charge is 0.282 e. The number of rotatable bonds is 12. The Balaban J connectivity index is 2.29. The normalized spacial score (nSPS) is 13.1. The van der Waals surface area contributed by atoms with E-state index in [2.05, 4.69) is 25.0 Å². The Hall–Kier alpha value is -2.65. The zero-order valence-electron chi connectivity index (χ0n) is 18.0. The molecule has 0 aliphatic carbocycles. The molecule has 1 aromatic heterocycles. The predicted molar refractivity (Wildman–Crippen MR) is 120 cm³/mol. The van der Waals surface area contributed by atoms with E-state index >= 15 is 0 Å². The number of sulfonamides is 1. The highest BCUT2D eigenvalue weighted by Crippen LogP contribution is 2.35. The van der Waals surface area contributed by atoms with Crippen LogP contribution in [0.25, 0.3) is 0 Å². The van der Waals surface area contributed by atoms with Gasteiger partial charge in [0.15, 0.2) is 5.16 Å². The maximum absolute atomic E-state index is 14.7. The Kier molecular flexibility index (Phi) is 8.85. The van der Waals surface area contributed by atoms with E-state index in [1.54, 1.807) is 0 Å². The van der Waals surface area contributed by atoms with Gasteiger partial charge in [0.05, 0.1) is 29.6 Å². The van der Waals surface area contributed by atoms with Gasteiger partial charge in [0.25, 0.3) is 11.6 Å². The van der Waals surface area contributed by atoms with Crippen molar-refractivity contribution >= 4 is 39.4 Å². The summed E-state index contributed by atoms with van der Waals surface area (Å²) < 4.78 is 54.6. The Morgan fingerprint density at radius 1 is 1.24 bits per heavy atom. The van der Waals surface area contributed by atoms with Crippen LogP contribution in [-0.2, 0) is 15.9 Å². The predicted octanol–water partition coefficient (Wildman–Crippen LogP) is 2.85. The van der Waals surface area contributed by atoms with E-state index in [0.717, 1.165) is 30.5 Å². The van der Waals surface area contributed by atoms with Crippen molar-refractivity contribution in [1.82, 2.24) is 15.0 Å². The fourth-order valence-corrected chi connectivity index (χ4v) is 3.92. The third kappa shape index (κ3) is 8.66. The number of non-ortho nitro benzene ring substituents is 1. The molecule has 0 aliphatic rings. The number of alkyl halides is 2. The first-order chi connectivity index (χ1) is 15.3. The van der Waals surface area contributed by atoms with Crippen LogP contribution in [-0.4, -0.2) is 58.1 Å². The molecule has 33 heavy (non-hydrogen) atoms. The summed E-state index contributed by atoms with van der Waals surface area (Å²) in [4.78, 5) is 21.9. The third-order valence-electron chi connectivity index (χ3n) is 4.06. The number of anilines is 2. The molecular weight excluding hydrogens is 482 g/mol. The first kappa shape index (κ1) is 26.6. The molecule has 0 saturated carbocycles. The topological polar surface area (TPSA) is 160 Å². The van der Waals surface area contributed by atoms with Crippen LogP contribution in [0.4, 0.5) is 26.4 Å². The van der Waals surface area contributed by atoms with Crippen molar-refractivity contribution in [2.24, 2.45) is 5.92 Å². The summed E-state index contributed by atoms with van der Waals surface area (Å²) in [7, 11) is -3.76. The number of thioether (sulfide) groups is 1. The Labute approximate surface area is 193 Å². The lowest BCUT2D eigenvalue weighted by Gasteiger charge is -2.19. The summed E-state index contributed by atoms with van der Waals surface area (Å²) in [5.41, 5.74) is -1.02. The minimum absolute atomic E-state index is 0.1000. The number of aliphatic hydroxyl groups is 1. The Bertz CT molecular complexity index is 1090. The van der Waals surface area contributed by atoms with E-state index in [4.69, 9.17) is 0 Å². The number of aromatic nitrogens is 3. The first-order valence-corrected chi connectivity index (χ1v) is 12.5. The molecule has 2 rings (SSSR count). The molecule has 0 fully saturated rings. The molecule has 15 heteroatoms. The molecule has 3 N–H and O–H groups in total. The molecule has 0 radical (unpaired) electrons. The monoisotopic (exact) mass is 506 g/mol. The summed E-state index contributed by atoms with van der Waals surface area (Å²) in [6.45, 7) is 3.61. The van der Waals surface area contributed by atoms with Gasteiger partial charge in [0.1, 0.15) is 0 Å². The molecule has 0 spiro atoms. The second kappa shape index (κ2) is 11.0. The van der Waals surface area contributed by atoms with Gasteiger partial charge in [-0.3, -0.25) is 14.8 Å². The summed E-state index contributed by atoms with van der Waals surface area (Å²) in [5, 5.41) is 23.1. The third-order valence-corrected chi connectivity index (χ3v) is 5.56. The Morgan fingerprint density at radius 3 is 2.48 bits per heavy atom. The lowest BCUT2D eigenvalue weighted by atomic mass is 10.0. The number of nitro groups is 1. The van der Waals surface area contributed by atoms with Crippen LogP contribution in [0, 0.1) is 16.0 Å². The van der Waals surface area contributed by atoms with E-state index < -0.39 is 43.9 Å². The number of hydrogen-bond donors (Lipinski definition) is 3. The first-order valence-electron chi connectivity index (χ1n) is 9.66. The van der Waals surface area contributed by atoms with Crippen molar-refractivity contribution in [3.8, 4) is 0 Å². The number of benzene rings is 1. The van der Waals surface area contributed by atoms with E-state index in [1.165, 1.54) is 0 Å². The highest BCUT2D eigenvalue weighted by Gasteiger charge is 2.33. The van der Waals surface area contributed by atoms with Crippen LogP contribution in [0.1, 0.15) is 25.8 Å². The van der Waals surface area contributed by atoms with Crippen LogP contribution in [0.3, 0.4) is 0 Å². The van der Waals surface area contributed by atoms with Crippen molar-refractivity contribution in [2.75, 3.05) is 28.7 Å². The molecule has 182 valence electrons. The maximum atomic E-state index is 14.7. The number of hydrogen-bond acceptors (Lipinski definition) is 10. The minimum Gasteiger partial charge on any atom is -0.394 e. The number of halogens is 2. The van der Waals surface area contributed by atoms with Gasteiger partial charge in [-0.25, -0.2) is 17.2 Å². The van der Waals surface area contributed by atoms with Crippen LogP contribution in [0.15, 0.2) is 29.4 Å². The lowest BCUT2D eigenvalue weighted by molar-refractivity contribution is -0.385. The lowest BCUT2D eigenvalue weighted by Crippen LogP contribution is -2.27. The van der Waals surface area contributed by atoms with Gasteiger partial charge in [-0.15, -0.1) is 0 Å². The molecule has 2 aromatic rings. The van der Waals surface area contributed by atoms with Gasteiger partial charge in [0.2, 0.25) is 21.9 Å². The van der Waals surface area contributed by atoms with Gasteiger partial charge in [0, 0.05) is 17.7 Å². The standard InChI is InChI=1S/C18H24F2N6O5S2/c1-11(2)7-13(9-27)21-15-22-16(25-33(3,30)31)24-17(23-15)32-10-18(19,20)12-5-4-6-14(8-12)26(28)29/h4-6,8,11,13,27H,7,9-10H2,1-3H3,(H2,21,22,23,24,25)/t13-/m1/s1. The van der Waals surface area contributed by atoms with Crippen LogP contribution < -0.4 is 10.0 Å². The number of aliphatic hydroxyl groups excluding tert-OH is 1. The van der Waals surface area contributed by atoms with Crippen LogP contribution >= 0.6 is 11.8 Å². The fourth-order valence-electron chi connectivity index (χ4n) is 2.71. The molecule has 11 nitrogen and oxygen atoms in total. The van der Waals surface area contributed by atoms with E-state index in [9.17, 15) is 32.4 Å². The minimum atomic E-state index is -3.76. The Morgan fingerprint density at radius 2 is 1.91 bits per heavy atom. The molecule has 0 aliphatic heterocycles. The zero-order valence-corrected chi connectivity index (χ0v) is 19.7. The maximum Gasteiger partial charge on any atom is 0.282 e. The molecule has 0 bridgehead atoms. The van der Waals surface area contributed by atoms with E-state index in [-0.39, 0.29) is 29.6 Å². The van der Waals surface area contributed by atoms with Gasteiger partial charge in [-0.05, 0) is 12.3 Å². The summed E-state index contributed by atoms with van der Waals surface area (Å²) in [6.07, 6.45) is 1.42. The average molecular weight is 507 g/mol. The van der Waals surface area contributed by atoms with Gasteiger partial charge < -0.3 is 10.4 Å². The largest absolute Gasteiger partial charge is 0.394 e. The summed E-state index contributed by atoms with van der Waals surface area (Å²) >= 11 is 0.520. The molecule has 0 amide bonds. The van der Waals surface area contributed by atoms with Crippen molar-refractivity contribution in [3.05, 3.63) is 39.9 Å². The molecule has 0 unspecified atom stereocenters. The fraction of sp³-hybridized carbons (Fsp3) is 0.500. The quantitative estimate of drug-likeness (QED) is 0.222. The van der Waals surface area contributed by atoms with Gasteiger partial charge >= 0.3 is 0 Å². The molecule has 1 aromatic carbocycles. The van der Waals surface area contributed by atoms with Crippen molar-refractivity contribution in [3.63, 3.8) is 0 Å². The van der Waals surface area contributed by atoms with Crippen molar-refractivity contribution in [2.45, 2.75) is 37.4 Å². The van der Waals surface area contributed by atoms with Crippen LogP contribution in [0.5, 0.6) is 0 Å². The highest BCUT2D eigenvalue weighted by molar-refractivity contribution is 7.99.